The van der Waals surface area contributed by atoms with Gasteiger partial charge in [-0.2, -0.15) is 0 Å². The number of Topliss-reactive ketones (excluding diaryl/α,β-unsaturated/α-hetero) is 1. The Labute approximate surface area is 109 Å². The summed E-state index contributed by atoms with van der Waals surface area (Å²) in [6.07, 6.45) is 1.43. The number of hydrogen-bond acceptors (Lipinski definition) is 5. The van der Waals surface area contributed by atoms with Crippen molar-refractivity contribution in [2.45, 2.75) is 0 Å². The minimum absolute atomic E-state index is 0.0824. The SMILES string of the molecule is COc1ccc(N=CC2=C(O)CSCC2=O)cc1. The summed E-state index contributed by atoms with van der Waals surface area (Å²) in [4.78, 5) is 15.8. The predicted molar refractivity (Wildman–Crippen MR) is 73.1 cm³/mol. The first-order valence-electron chi connectivity index (χ1n) is 5.42. The molecule has 1 aromatic rings. The molecule has 18 heavy (non-hydrogen) atoms. The van der Waals surface area contributed by atoms with Gasteiger partial charge in [0, 0.05) is 6.21 Å². The molecule has 0 bridgehead atoms. The fourth-order valence-electron chi connectivity index (χ4n) is 1.51. The summed E-state index contributed by atoms with van der Waals surface area (Å²) >= 11 is 1.41. The van der Waals surface area contributed by atoms with Gasteiger partial charge in [0.25, 0.3) is 0 Å². The Morgan fingerprint density at radius 1 is 1.33 bits per heavy atom. The highest BCUT2D eigenvalue weighted by molar-refractivity contribution is 8.00. The third kappa shape index (κ3) is 2.92. The molecule has 4 nitrogen and oxygen atoms in total. The zero-order valence-electron chi connectivity index (χ0n) is 9.92. The molecule has 0 aromatic heterocycles. The normalized spacial score (nSPS) is 16.4. The van der Waals surface area contributed by atoms with Gasteiger partial charge in [0.2, 0.25) is 0 Å². The first-order chi connectivity index (χ1) is 8.70. The highest BCUT2D eigenvalue weighted by atomic mass is 32.2. The fraction of sp³-hybridized carbons (Fsp3) is 0.231. The second kappa shape index (κ2) is 5.73. The van der Waals surface area contributed by atoms with Crippen LogP contribution >= 0.6 is 11.8 Å². The highest BCUT2D eigenvalue weighted by Gasteiger charge is 2.18. The molecule has 1 heterocycles. The molecular formula is C13H13NO3S. The van der Waals surface area contributed by atoms with E-state index in [1.165, 1.54) is 18.0 Å². The summed E-state index contributed by atoms with van der Waals surface area (Å²) < 4.78 is 5.04. The van der Waals surface area contributed by atoms with Crippen LogP contribution < -0.4 is 4.74 Å². The number of carbonyl (C=O) groups is 1. The Kier molecular flexibility index (Phi) is 4.04. The molecule has 0 aliphatic carbocycles. The largest absolute Gasteiger partial charge is 0.511 e. The van der Waals surface area contributed by atoms with E-state index >= 15 is 0 Å². The second-order valence-corrected chi connectivity index (χ2v) is 4.72. The number of ether oxygens (including phenoxy) is 1. The van der Waals surface area contributed by atoms with Crippen molar-refractivity contribution in [3.63, 3.8) is 0 Å². The smallest absolute Gasteiger partial charge is 0.177 e. The van der Waals surface area contributed by atoms with Gasteiger partial charge in [-0.3, -0.25) is 9.79 Å². The summed E-state index contributed by atoms with van der Waals surface area (Å²) in [5.41, 5.74) is 1.02. The summed E-state index contributed by atoms with van der Waals surface area (Å²) in [6, 6.07) is 7.16. The van der Waals surface area contributed by atoms with E-state index in [4.69, 9.17) is 4.74 Å². The summed E-state index contributed by atoms with van der Waals surface area (Å²) in [6.45, 7) is 0. The lowest BCUT2D eigenvalue weighted by Gasteiger charge is -2.10. The number of allylic oxidation sites excluding steroid dienone is 1. The van der Waals surface area contributed by atoms with Gasteiger partial charge < -0.3 is 9.84 Å². The number of thioether (sulfide) groups is 1. The molecule has 0 fully saturated rings. The molecule has 1 aromatic carbocycles. The van der Waals surface area contributed by atoms with Gasteiger partial charge in [-0.25, -0.2) is 0 Å². The quantitative estimate of drug-likeness (QED) is 0.851. The second-order valence-electron chi connectivity index (χ2n) is 3.73. The minimum atomic E-state index is -0.0824. The number of aliphatic hydroxyl groups is 1. The molecule has 0 radical (unpaired) electrons. The zero-order chi connectivity index (χ0) is 13.0. The van der Waals surface area contributed by atoms with Gasteiger partial charge >= 0.3 is 0 Å². The van der Waals surface area contributed by atoms with Gasteiger partial charge in [0.15, 0.2) is 5.78 Å². The molecule has 94 valence electrons. The molecule has 0 spiro atoms. The zero-order valence-corrected chi connectivity index (χ0v) is 10.7. The lowest BCUT2D eigenvalue weighted by Crippen LogP contribution is -2.16. The number of aliphatic hydroxyl groups excluding tert-OH is 1. The minimum Gasteiger partial charge on any atom is -0.511 e. The van der Waals surface area contributed by atoms with E-state index in [0.29, 0.717) is 22.8 Å². The van der Waals surface area contributed by atoms with Crippen LogP contribution in [0.5, 0.6) is 5.75 Å². The first kappa shape index (κ1) is 12.7. The van der Waals surface area contributed by atoms with Gasteiger partial charge in [0.05, 0.1) is 29.9 Å². The summed E-state index contributed by atoms with van der Waals surface area (Å²) in [5, 5.41) is 9.63. The number of rotatable bonds is 3. The molecule has 0 atom stereocenters. The Morgan fingerprint density at radius 2 is 2.06 bits per heavy atom. The summed E-state index contributed by atoms with van der Waals surface area (Å²) in [7, 11) is 1.60. The number of benzene rings is 1. The molecule has 5 heteroatoms. The average Bonchev–Trinajstić information content (AvgIpc) is 2.39. The number of carbonyl (C=O) groups excluding carboxylic acids is 1. The number of hydrogen-bond donors (Lipinski definition) is 1. The standard InChI is InChI=1S/C13H13NO3S/c1-17-10-4-2-9(3-5-10)14-6-11-12(15)7-18-8-13(11)16/h2-6,15H,7-8H2,1H3. The maximum absolute atomic E-state index is 11.6. The number of nitrogens with zero attached hydrogens (tertiary/aromatic N) is 1. The third-order valence-electron chi connectivity index (χ3n) is 2.50. The van der Waals surface area contributed by atoms with E-state index in [2.05, 4.69) is 4.99 Å². The number of aliphatic imine (C=N–C) groups is 1. The number of methoxy groups -OCH3 is 1. The van der Waals surface area contributed by atoms with E-state index in [-0.39, 0.29) is 11.5 Å². The Bertz CT molecular complexity index is 505. The van der Waals surface area contributed by atoms with Crippen LogP contribution in [0.15, 0.2) is 40.6 Å². The first-order valence-corrected chi connectivity index (χ1v) is 6.57. The van der Waals surface area contributed by atoms with E-state index in [9.17, 15) is 9.90 Å². The topological polar surface area (TPSA) is 58.9 Å². The van der Waals surface area contributed by atoms with Crippen LogP contribution in [-0.4, -0.2) is 35.7 Å². The molecular weight excluding hydrogens is 250 g/mol. The maximum atomic E-state index is 11.6. The van der Waals surface area contributed by atoms with Crippen molar-refractivity contribution >= 4 is 29.4 Å². The van der Waals surface area contributed by atoms with Crippen molar-refractivity contribution < 1.29 is 14.6 Å². The Morgan fingerprint density at radius 3 is 2.67 bits per heavy atom. The highest BCUT2D eigenvalue weighted by Crippen LogP contribution is 2.20. The summed E-state index contributed by atoms with van der Waals surface area (Å²) in [5.74, 6) is 1.64. The molecule has 0 unspecified atom stereocenters. The van der Waals surface area contributed by atoms with Crippen LogP contribution in [-0.2, 0) is 4.79 Å². The van der Waals surface area contributed by atoms with Crippen LogP contribution in [0.4, 0.5) is 5.69 Å². The molecule has 2 rings (SSSR count). The molecule has 1 N–H and O–H groups in total. The van der Waals surface area contributed by atoms with Crippen molar-refractivity contribution in [1.29, 1.82) is 0 Å². The lowest BCUT2D eigenvalue weighted by molar-refractivity contribution is -0.112. The van der Waals surface area contributed by atoms with Crippen molar-refractivity contribution in [2.24, 2.45) is 4.99 Å². The molecule has 0 saturated carbocycles. The van der Waals surface area contributed by atoms with Crippen molar-refractivity contribution in [2.75, 3.05) is 18.6 Å². The van der Waals surface area contributed by atoms with Crippen LogP contribution in [0.1, 0.15) is 0 Å². The molecule has 0 amide bonds. The van der Waals surface area contributed by atoms with Gasteiger partial charge in [0.1, 0.15) is 11.5 Å². The average molecular weight is 263 g/mol. The van der Waals surface area contributed by atoms with Crippen LogP contribution in [0, 0.1) is 0 Å². The van der Waals surface area contributed by atoms with E-state index in [1.54, 1.807) is 31.4 Å². The number of ketones is 1. The Balaban J connectivity index is 2.16. The van der Waals surface area contributed by atoms with Gasteiger partial charge in [-0.05, 0) is 24.3 Å². The third-order valence-corrected chi connectivity index (χ3v) is 3.44. The predicted octanol–water partition coefficient (Wildman–Crippen LogP) is 2.53. The Hall–Kier alpha value is -1.75. The fourth-order valence-corrected chi connectivity index (χ4v) is 2.30. The molecule has 0 saturated heterocycles. The van der Waals surface area contributed by atoms with Gasteiger partial charge in [-0.15, -0.1) is 11.8 Å². The van der Waals surface area contributed by atoms with Crippen LogP contribution in [0.25, 0.3) is 0 Å². The van der Waals surface area contributed by atoms with E-state index < -0.39 is 0 Å². The van der Waals surface area contributed by atoms with Gasteiger partial charge in [-0.1, -0.05) is 0 Å². The lowest BCUT2D eigenvalue weighted by atomic mass is 10.1. The van der Waals surface area contributed by atoms with Crippen molar-refractivity contribution in [1.82, 2.24) is 0 Å². The van der Waals surface area contributed by atoms with Crippen LogP contribution in [0.3, 0.4) is 0 Å². The van der Waals surface area contributed by atoms with E-state index in [1.807, 2.05) is 0 Å². The molecule has 1 aliphatic rings. The molecule has 1 aliphatic heterocycles. The van der Waals surface area contributed by atoms with Crippen molar-refractivity contribution in [3.05, 3.63) is 35.6 Å². The van der Waals surface area contributed by atoms with Crippen molar-refractivity contribution in [3.8, 4) is 5.75 Å². The van der Waals surface area contributed by atoms with E-state index in [0.717, 1.165) is 5.75 Å². The van der Waals surface area contributed by atoms with Crippen LogP contribution in [0.2, 0.25) is 0 Å². The monoisotopic (exact) mass is 263 g/mol. The maximum Gasteiger partial charge on any atom is 0.177 e.